The van der Waals surface area contributed by atoms with Crippen molar-refractivity contribution in [3.63, 3.8) is 0 Å². The number of hydrogen-bond donors (Lipinski definition) is 2. The van der Waals surface area contributed by atoms with Gasteiger partial charge in [0, 0.05) is 25.1 Å². The number of ether oxygens (including phenoxy) is 1. The van der Waals surface area contributed by atoms with Gasteiger partial charge in [-0.3, -0.25) is 4.68 Å². The first-order chi connectivity index (χ1) is 14.5. The van der Waals surface area contributed by atoms with Gasteiger partial charge in [0.1, 0.15) is 4.90 Å². The molecule has 0 bridgehead atoms. The second kappa shape index (κ2) is 7.70. The van der Waals surface area contributed by atoms with Crippen LogP contribution in [-0.2, 0) is 40.4 Å². The Morgan fingerprint density at radius 3 is 2.40 bits per heavy atom. The van der Waals surface area contributed by atoms with Gasteiger partial charge in [0.05, 0.1) is 12.2 Å². The fraction of sp³-hybridized carbons (Fsp3) is 0.524. The molecule has 2 amide bonds. The minimum absolute atomic E-state index is 0.00680. The summed E-state index contributed by atoms with van der Waals surface area (Å²) in [5.41, 5.74) is 5.72. The number of hydrogen-bond acceptors (Lipinski definition) is 5. The summed E-state index contributed by atoms with van der Waals surface area (Å²) < 4.78 is 34.7. The van der Waals surface area contributed by atoms with Gasteiger partial charge in [0.2, 0.25) is 0 Å². The lowest BCUT2D eigenvalue weighted by Crippen LogP contribution is -2.34. The molecular formula is C21H26N4O4S. The smallest absolute Gasteiger partial charge is 0.333 e. The van der Waals surface area contributed by atoms with Crippen LogP contribution in [0, 0.1) is 0 Å². The zero-order valence-corrected chi connectivity index (χ0v) is 17.6. The summed E-state index contributed by atoms with van der Waals surface area (Å²) in [7, 11) is -4.00. The Balaban J connectivity index is 1.33. The van der Waals surface area contributed by atoms with Gasteiger partial charge in [-0.1, -0.05) is 6.07 Å². The van der Waals surface area contributed by atoms with E-state index in [4.69, 9.17) is 4.74 Å². The number of nitrogens with one attached hydrogen (secondary N) is 2. The topological polar surface area (TPSA) is 102 Å². The molecule has 0 atom stereocenters. The van der Waals surface area contributed by atoms with E-state index in [0.717, 1.165) is 68.2 Å². The van der Waals surface area contributed by atoms with Crippen molar-refractivity contribution in [2.24, 2.45) is 0 Å². The Hall–Kier alpha value is -2.39. The molecular weight excluding hydrogens is 404 g/mol. The Morgan fingerprint density at radius 2 is 1.73 bits per heavy atom. The molecule has 30 heavy (non-hydrogen) atoms. The largest absolute Gasteiger partial charge is 0.381 e. The van der Waals surface area contributed by atoms with Crippen molar-refractivity contribution in [2.45, 2.75) is 62.3 Å². The summed E-state index contributed by atoms with van der Waals surface area (Å²) >= 11 is 0. The quantitative estimate of drug-likeness (QED) is 0.777. The van der Waals surface area contributed by atoms with Gasteiger partial charge >= 0.3 is 6.03 Å². The summed E-state index contributed by atoms with van der Waals surface area (Å²) in [5.74, 6) is 0. The van der Waals surface area contributed by atoms with Crippen molar-refractivity contribution in [1.82, 2.24) is 14.5 Å². The number of aromatic nitrogens is 2. The van der Waals surface area contributed by atoms with Gasteiger partial charge in [-0.25, -0.2) is 17.9 Å². The molecule has 1 aromatic heterocycles. The maximum atomic E-state index is 12.7. The Kier molecular flexibility index (Phi) is 5.02. The van der Waals surface area contributed by atoms with Crippen LogP contribution in [-0.4, -0.2) is 37.4 Å². The number of benzene rings is 1. The minimum atomic E-state index is -4.00. The van der Waals surface area contributed by atoms with Crippen molar-refractivity contribution >= 4 is 21.7 Å². The van der Waals surface area contributed by atoms with Crippen LogP contribution in [0.5, 0.6) is 0 Å². The highest BCUT2D eigenvalue weighted by atomic mass is 32.2. The zero-order chi connectivity index (χ0) is 20.7. The van der Waals surface area contributed by atoms with Gasteiger partial charge in [-0.15, -0.1) is 0 Å². The molecule has 9 heteroatoms. The molecule has 1 saturated heterocycles. The number of fused-ring (bicyclic) bond motifs is 2. The predicted octanol–water partition coefficient (Wildman–Crippen LogP) is 2.72. The average molecular weight is 431 g/mol. The zero-order valence-electron chi connectivity index (χ0n) is 16.8. The molecule has 2 heterocycles. The van der Waals surface area contributed by atoms with E-state index in [0.29, 0.717) is 13.2 Å². The van der Waals surface area contributed by atoms with Gasteiger partial charge in [-0.2, -0.15) is 5.10 Å². The van der Waals surface area contributed by atoms with Crippen LogP contribution in [0.25, 0.3) is 0 Å². The van der Waals surface area contributed by atoms with Crippen molar-refractivity contribution in [3.05, 3.63) is 40.7 Å². The monoisotopic (exact) mass is 430 g/mol. The van der Waals surface area contributed by atoms with Crippen LogP contribution in [0.2, 0.25) is 0 Å². The van der Waals surface area contributed by atoms with Gasteiger partial charge in [0.15, 0.2) is 0 Å². The molecule has 5 rings (SSSR count). The highest BCUT2D eigenvalue weighted by Gasteiger charge is 2.27. The van der Waals surface area contributed by atoms with E-state index in [1.54, 1.807) is 4.68 Å². The molecule has 160 valence electrons. The highest BCUT2D eigenvalue weighted by molar-refractivity contribution is 7.90. The third-order valence-corrected chi connectivity index (χ3v) is 7.68. The van der Waals surface area contributed by atoms with Crippen LogP contribution in [0.15, 0.2) is 23.4 Å². The van der Waals surface area contributed by atoms with E-state index in [1.807, 2.05) is 0 Å². The van der Waals surface area contributed by atoms with E-state index in [-0.39, 0.29) is 10.9 Å². The number of aryl methyl sites for hydroxylation is 2. The third-order valence-electron chi connectivity index (χ3n) is 6.39. The minimum Gasteiger partial charge on any atom is -0.381 e. The SMILES string of the molecule is O=C(Nc1c2c(cc3c1CCC3)CCC2)NS(=O)(=O)c1cnn(C2CCOCC2)c1. The van der Waals surface area contributed by atoms with E-state index >= 15 is 0 Å². The fourth-order valence-electron chi connectivity index (χ4n) is 4.90. The number of carbonyl (C=O) groups excluding carboxylic acids is 1. The summed E-state index contributed by atoms with van der Waals surface area (Å²) in [6.45, 7) is 1.28. The molecule has 2 N–H and O–H groups in total. The molecule has 8 nitrogen and oxygen atoms in total. The van der Waals surface area contributed by atoms with Crippen molar-refractivity contribution < 1.29 is 17.9 Å². The van der Waals surface area contributed by atoms with Crippen LogP contribution in [0.3, 0.4) is 0 Å². The Labute approximate surface area is 176 Å². The molecule has 1 aliphatic heterocycles. The Morgan fingerprint density at radius 1 is 1.07 bits per heavy atom. The van der Waals surface area contributed by atoms with Gasteiger partial charge in [-0.05, 0) is 73.6 Å². The lowest BCUT2D eigenvalue weighted by Gasteiger charge is -2.22. The third kappa shape index (κ3) is 3.60. The normalized spacial score (nSPS) is 18.8. The van der Waals surface area contributed by atoms with Crippen molar-refractivity contribution in [1.29, 1.82) is 0 Å². The van der Waals surface area contributed by atoms with E-state index in [2.05, 4.69) is 21.2 Å². The number of sulfonamides is 1. The first kappa shape index (κ1) is 19.6. The summed E-state index contributed by atoms with van der Waals surface area (Å²) in [6.07, 6.45) is 10.4. The molecule has 2 aromatic rings. The average Bonchev–Trinajstić information content (AvgIpc) is 3.48. The number of rotatable bonds is 4. The second-order valence-electron chi connectivity index (χ2n) is 8.29. The van der Waals surface area contributed by atoms with Crippen LogP contribution in [0.4, 0.5) is 10.5 Å². The van der Waals surface area contributed by atoms with Crippen molar-refractivity contribution in [3.8, 4) is 0 Å². The molecule has 0 saturated carbocycles. The van der Waals surface area contributed by atoms with Crippen LogP contribution >= 0.6 is 0 Å². The lowest BCUT2D eigenvalue weighted by atomic mass is 9.99. The highest BCUT2D eigenvalue weighted by Crippen LogP contribution is 2.38. The number of urea groups is 1. The molecule has 3 aliphatic rings. The molecule has 0 spiro atoms. The van der Waals surface area contributed by atoms with Crippen LogP contribution < -0.4 is 10.0 Å². The standard InChI is InChI=1S/C21H26N4O4S/c26-21(23-20-18-5-1-3-14(18)11-15-4-2-6-19(15)20)24-30(27,28)17-12-22-25(13-17)16-7-9-29-10-8-16/h11-13,16H,1-10H2,(H2,23,24,26). The maximum Gasteiger partial charge on any atom is 0.333 e. The number of carbonyl (C=O) groups is 1. The van der Waals surface area contributed by atoms with E-state index < -0.39 is 16.1 Å². The number of nitrogens with zero attached hydrogens (tertiary/aromatic N) is 2. The van der Waals surface area contributed by atoms with E-state index in [1.165, 1.54) is 23.5 Å². The maximum absolute atomic E-state index is 12.7. The second-order valence-corrected chi connectivity index (χ2v) is 9.98. The molecule has 0 radical (unpaired) electrons. The van der Waals surface area contributed by atoms with Gasteiger partial charge in [0.25, 0.3) is 10.0 Å². The van der Waals surface area contributed by atoms with Gasteiger partial charge < -0.3 is 10.1 Å². The van der Waals surface area contributed by atoms with Crippen molar-refractivity contribution in [2.75, 3.05) is 18.5 Å². The Bertz CT molecular complexity index is 1050. The molecule has 0 unspecified atom stereocenters. The van der Waals surface area contributed by atoms with E-state index in [9.17, 15) is 13.2 Å². The molecule has 2 aliphatic carbocycles. The summed E-state index contributed by atoms with van der Waals surface area (Å²) in [6, 6.07) is 1.67. The van der Waals surface area contributed by atoms with Crippen LogP contribution in [0.1, 0.15) is 54.0 Å². The predicted molar refractivity (Wildman–Crippen MR) is 111 cm³/mol. The fourth-order valence-corrected chi connectivity index (χ4v) is 5.74. The first-order valence-corrected chi connectivity index (χ1v) is 12.1. The summed E-state index contributed by atoms with van der Waals surface area (Å²) in [5, 5.41) is 7.07. The number of anilines is 1. The molecule has 1 aromatic carbocycles. The molecule has 1 fully saturated rings. The number of amides is 2. The first-order valence-electron chi connectivity index (χ1n) is 10.6. The lowest BCUT2D eigenvalue weighted by molar-refractivity contribution is 0.0662. The summed E-state index contributed by atoms with van der Waals surface area (Å²) in [4.78, 5) is 12.7.